The lowest BCUT2D eigenvalue weighted by Gasteiger charge is -2.26. The SMILES string of the molecule is CCCCCC(/C=C/C1=CC(=O)[C@H](OC(C)=O)[C@H]1OC(C)=O)OC1CCCCO1. The summed E-state index contributed by atoms with van der Waals surface area (Å²) in [7, 11) is 0. The number of ketones is 1. The molecule has 0 bridgehead atoms. The molecule has 1 heterocycles. The summed E-state index contributed by atoms with van der Waals surface area (Å²) in [6.45, 7) is 5.32. The summed E-state index contributed by atoms with van der Waals surface area (Å²) in [6.07, 6.45) is 9.52. The number of unbranched alkanes of at least 4 members (excludes halogenated alkanes) is 2. The molecule has 0 aromatic carbocycles. The second-order valence-electron chi connectivity index (χ2n) is 7.43. The minimum absolute atomic E-state index is 0.175. The maximum absolute atomic E-state index is 12.3. The molecule has 0 N–H and O–H groups in total. The van der Waals surface area contributed by atoms with Gasteiger partial charge in [0.25, 0.3) is 0 Å². The van der Waals surface area contributed by atoms with E-state index in [9.17, 15) is 14.4 Å². The number of hydrogen-bond donors (Lipinski definition) is 0. The maximum Gasteiger partial charge on any atom is 0.303 e. The van der Waals surface area contributed by atoms with E-state index in [0.717, 1.165) is 44.9 Å². The van der Waals surface area contributed by atoms with Crippen LogP contribution in [0.5, 0.6) is 0 Å². The molecule has 7 nitrogen and oxygen atoms in total. The number of rotatable bonds is 10. The van der Waals surface area contributed by atoms with E-state index < -0.39 is 29.9 Å². The van der Waals surface area contributed by atoms with Gasteiger partial charge in [0.15, 0.2) is 12.4 Å². The minimum atomic E-state index is -1.14. The van der Waals surface area contributed by atoms with Crippen molar-refractivity contribution in [1.29, 1.82) is 0 Å². The summed E-state index contributed by atoms with van der Waals surface area (Å²) < 4.78 is 22.1. The fourth-order valence-corrected chi connectivity index (χ4v) is 3.44. The molecular formula is C22H32O7. The van der Waals surface area contributed by atoms with Crippen LogP contribution >= 0.6 is 0 Å². The second kappa shape index (κ2) is 11.9. The van der Waals surface area contributed by atoms with Crippen LogP contribution in [-0.4, -0.2) is 48.9 Å². The zero-order valence-electron chi connectivity index (χ0n) is 17.6. The molecule has 0 radical (unpaired) electrons. The van der Waals surface area contributed by atoms with Gasteiger partial charge in [0.05, 0.1) is 6.10 Å². The smallest absolute Gasteiger partial charge is 0.303 e. The summed E-state index contributed by atoms with van der Waals surface area (Å²) in [5.74, 6) is -1.55. The molecule has 0 aromatic rings. The molecule has 2 aliphatic rings. The van der Waals surface area contributed by atoms with Gasteiger partial charge >= 0.3 is 11.9 Å². The molecule has 4 atom stereocenters. The van der Waals surface area contributed by atoms with E-state index in [1.54, 1.807) is 6.08 Å². The van der Waals surface area contributed by atoms with Crippen molar-refractivity contribution in [1.82, 2.24) is 0 Å². The van der Waals surface area contributed by atoms with Gasteiger partial charge in [-0.2, -0.15) is 0 Å². The first-order valence-corrected chi connectivity index (χ1v) is 10.5. The van der Waals surface area contributed by atoms with Crippen molar-refractivity contribution in [3.05, 3.63) is 23.8 Å². The summed E-state index contributed by atoms with van der Waals surface area (Å²) >= 11 is 0. The Morgan fingerprint density at radius 2 is 1.90 bits per heavy atom. The van der Waals surface area contributed by atoms with Crippen LogP contribution in [0.2, 0.25) is 0 Å². The van der Waals surface area contributed by atoms with Crippen LogP contribution in [0.1, 0.15) is 65.7 Å². The summed E-state index contributed by atoms with van der Waals surface area (Å²) in [4.78, 5) is 35.1. The van der Waals surface area contributed by atoms with Gasteiger partial charge in [-0.05, 0) is 31.8 Å². The second-order valence-corrected chi connectivity index (χ2v) is 7.43. The van der Waals surface area contributed by atoms with E-state index in [1.165, 1.54) is 19.9 Å². The zero-order chi connectivity index (χ0) is 21.2. The Labute approximate surface area is 172 Å². The summed E-state index contributed by atoms with van der Waals surface area (Å²) in [5, 5.41) is 0. The van der Waals surface area contributed by atoms with Crippen LogP contribution in [0, 0.1) is 0 Å². The predicted octanol–water partition coefficient (Wildman–Crippen LogP) is 3.41. The number of esters is 2. The highest BCUT2D eigenvalue weighted by molar-refractivity contribution is 6.00. The molecule has 1 aliphatic heterocycles. The highest BCUT2D eigenvalue weighted by atomic mass is 16.7. The van der Waals surface area contributed by atoms with E-state index in [-0.39, 0.29) is 12.4 Å². The van der Waals surface area contributed by atoms with E-state index in [1.807, 2.05) is 6.08 Å². The predicted molar refractivity (Wildman–Crippen MR) is 106 cm³/mol. The van der Waals surface area contributed by atoms with Crippen LogP contribution < -0.4 is 0 Å². The van der Waals surface area contributed by atoms with Crippen LogP contribution in [0.25, 0.3) is 0 Å². The van der Waals surface area contributed by atoms with Gasteiger partial charge in [-0.1, -0.05) is 38.3 Å². The van der Waals surface area contributed by atoms with Crippen molar-refractivity contribution in [3.63, 3.8) is 0 Å². The molecule has 2 rings (SSSR count). The largest absolute Gasteiger partial charge is 0.453 e. The molecule has 162 valence electrons. The fraction of sp³-hybridized carbons (Fsp3) is 0.682. The molecule has 0 saturated carbocycles. The van der Waals surface area contributed by atoms with Gasteiger partial charge in [0.2, 0.25) is 11.9 Å². The molecular weight excluding hydrogens is 376 g/mol. The third-order valence-electron chi connectivity index (χ3n) is 4.84. The molecule has 7 heteroatoms. The number of carbonyl (C=O) groups excluding carboxylic acids is 3. The van der Waals surface area contributed by atoms with Gasteiger partial charge in [-0.25, -0.2) is 0 Å². The third-order valence-corrected chi connectivity index (χ3v) is 4.84. The van der Waals surface area contributed by atoms with Gasteiger partial charge in [-0.3, -0.25) is 14.4 Å². The molecule has 1 fully saturated rings. The van der Waals surface area contributed by atoms with Gasteiger partial charge in [-0.15, -0.1) is 0 Å². The molecule has 0 amide bonds. The minimum Gasteiger partial charge on any atom is -0.453 e. The number of hydrogen-bond acceptors (Lipinski definition) is 7. The normalized spacial score (nSPS) is 25.7. The lowest BCUT2D eigenvalue weighted by atomic mass is 10.1. The first-order valence-electron chi connectivity index (χ1n) is 10.5. The monoisotopic (exact) mass is 408 g/mol. The Bertz CT molecular complexity index is 631. The molecule has 2 unspecified atom stereocenters. The standard InChI is InChI=1S/C22H32O7/c1-4-5-6-9-18(29-20-10-7-8-13-26-20)12-11-17-14-19(25)22(28-16(3)24)21(17)27-15(2)23/h11-12,14,18,20-22H,4-10,13H2,1-3H3/b12-11+/t18?,20?,21-,22-/m0/s1. The van der Waals surface area contributed by atoms with Crippen molar-refractivity contribution in [3.8, 4) is 0 Å². The Kier molecular flexibility index (Phi) is 9.54. The van der Waals surface area contributed by atoms with Gasteiger partial charge in [0, 0.05) is 26.0 Å². The van der Waals surface area contributed by atoms with Crippen molar-refractivity contribution in [2.45, 2.75) is 90.3 Å². The Morgan fingerprint density at radius 1 is 1.17 bits per heavy atom. The summed E-state index contributed by atoms with van der Waals surface area (Å²) in [6, 6.07) is 0. The first-order chi connectivity index (χ1) is 13.9. The zero-order valence-corrected chi connectivity index (χ0v) is 17.6. The van der Waals surface area contributed by atoms with Gasteiger partial charge in [0.1, 0.15) is 0 Å². The topological polar surface area (TPSA) is 88.1 Å². The van der Waals surface area contributed by atoms with Crippen molar-refractivity contribution >= 4 is 17.7 Å². The first kappa shape index (κ1) is 23.3. The van der Waals surface area contributed by atoms with Crippen LogP contribution in [0.15, 0.2) is 23.8 Å². The van der Waals surface area contributed by atoms with Crippen molar-refractivity contribution in [2.75, 3.05) is 6.61 Å². The lowest BCUT2D eigenvalue weighted by Crippen LogP contribution is -2.36. The quantitative estimate of drug-likeness (QED) is 0.404. The number of carbonyl (C=O) groups is 3. The van der Waals surface area contributed by atoms with Crippen LogP contribution in [-0.2, 0) is 33.3 Å². The Balaban J connectivity index is 2.10. The Hall–Kier alpha value is -1.99. The highest BCUT2D eigenvalue weighted by Gasteiger charge is 2.40. The van der Waals surface area contributed by atoms with E-state index in [0.29, 0.717) is 12.2 Å². The number of ether oxygens (including phenoxy) is 4. The van der Waals surface area contributed by atoms with Gasteiger partial charge < -0.3 is 18.9 Å². The third kappa shape index (κ3) is 7.74. The molecule has 1 saturated heterocycles. The molecule has 0 aromatic heterocycles. The molecule has 0 spiro atoms. The van der Waals surface area contributed by atoms with E-state index in [2.05, 4.69) is 6.92 Å². The van der Waals surface area contributed by atoms with E-state index >= 15 is 0 Å². The average Bonchev–Trinajstić information content (AvgIpc) is 2.94. The fourth-order valence-electron chi connectivity index (χ4n) is 3.44. The Morgan fingerprint density at radius 3 is 2.52 bits per heavy atom. The molecule has 1 aliphatic carbocycles. The lowest BCUT2D eigenvalue weighted by molar-refractivity contribution is -0.179. The highest BCUT2D eigenvalue weighted by Crippen LogP contribution is 2.26. The average molecular weight is 408 g/mol. The summed E-state index contributed by atoms with van der Waals surface area (Å²) in [5.41, 5.74) is 0.491. The van der Waals surface area contributed by atoms with Crippen molar-refractivity contribution in [2.24, 2.45) is 0 Å². The van der Waals surface area contributed by atoms with Crippen LogP contribution in [0.3, 0.4) is 0 Å². The van der Waals surface area contributed by atoms with E-state index in [4.69, 9.17) is 18.9 Å². The van der Waals surface area contributed by atoms with Crippen LogP contribution in [0.4, 0.5) is 0 Å². The van der Waals surface area contributed by atoms with Crippen molar-refractivity contribution < 1.29 is 33.3 Å². The maximum atomic E-state index is 12.3. The molecule has 29 heavy (non-hydrogen) atoms.